The number of pyridine rings is 1. The summed E-state index contributed by atoms with van der Waals surface area (Å²) in [5, 5.41) is 19.1. The van der Waals surface area contributed by atoms with E-state index < -0.39 is 6.10 Å². The van der Waals surface area contributed by atoms with Crippen LogP contribution in [-0.2, 0) is 0 Å². The lowest BCUT2D eigenvalue weighted by Crippen LogP contribution is -2.27. The van der Waals surface area contributed by atoms with Crippen molar-refractivity contribution in [2.24, 2.45) is 0 Å². The Bertz CT molecular complexity index is 352. The zero-order chi connectivity index (χ0) is 12.1. The van der Waals surface area contributed by atoms with Gasteiger partial charge < -0.3 is 15.1 Å². The zero-order valence-electron chi connectivity index (χ0n) is 8.90. The third-order valence-corrected chi connectivity index (χ3v) is 2.85. The molecule has 2 N–H and O–H groups in total. The number of halogens is 2. The lowest BCUT2D eigenvalue weighted by molar-refractivity contribution is 0.112. The first kappa shape index (κ1) is 13.9. The molecule has 16 heavy (non-hydrogen) atoms. The van der Waals surface area contributed by atoms with Crippen molar-refractivity contribution in [1.29, 1.82) is 0 Å². The van der Waals surface area contributed by atoms with Crippen molar-refractivity contribution in [3.63, 3.8) is 0 Å². The van der Waals surface area contributed by atoms with Gasteiger partial charge in [-0.25, -0.2) is 0 Å². The molecule has 90 valence electrons. The van der Waals surface area contributed by atoms with Gasteiger partial charge >= 0.3 is 0 Å². The van der Waals surface area contributed by atoms with Gasteiger partial charge in [0.2, 0.25) is 0 Å². The standard InChI is InChI=1S/C10H14BrClN2O2/c1-14(2-3-15)6-9(16)10-8(12)4-7(11)5-13-10/h4-5,9,15-16H,2-3,6H2,1H3. The minimum atomic E-state index is -0.753. The lowest BCUT2D eigenvalue weighted by atomic mass is 10.2. The minimum Gasteiger partial charge on any atom is -0.395 e. The second-order valence-electron chi connectivity index (χ2n) is 3.52. The van der Waals surface area contributed by atoms with E-state index in [1.807, 2.05) is 11.9 Å². The Morgan fingerprint density at radius 3 is 2.88 bits per heavy atom. The van der Waals surface area contributed by atoms with Crippen LogP contribution in [0.4, 0.5) is 0 Å². The molecule has 1 aromatic heterocycles. The minimum absolute atomic E-state index is 0.0602. The molecule has 0 aliphatic rings. The summed E-state index contributed by atoms with van der Waals surface area (Å²) >= 11 is 9.21. The third kappa shape index (κ3) is 3.99. The molecular weight excluding hydrogens is 295 g/mol. The highest BCUT2D eigenvalue weighted by molar-refractivity contribution is 9.10. The number of rotatable bonds is 5. The molecule has 1 atom stereocenters. The van der Waals surface area contributed by atoms with Gasteiger partial charge in [0.1, 0.15) is 6.10 Å². The average molecular weight is 310 g/mol. The molecular formula is C10H14BrClN2O2. The predicted octanol–water partition coefficient (Wildman–Crippen LogP) is 1.45. The summed E-state index contributed by atoms with van der Waals surface area (Å²) in [6.07, 6.45) is 0.841. The number of aliphatic hydroxyl groups excluding tert-OH is 2. The highest BCUT2D eigenvalue weighted by Gasteiger charge is 2.15. The van der Waals surface area contributed by atoms with E-state index in [9.17, 15) is 5.11 Å². The molecule has 1 unspecified atom stereocenters. The van der Waals surface area contributed by atoms with E-state index >= 15 is 0 Å². The van der Waals surface area contributed by atoms with E-state index in [0.29, 0.717) is 23.8 Å². The summed E-state index contributed by atoms with van der Waals surface area (Å²) in [5.74, 6) is 0. The van der Waals surface area contributed by atoms with Crippen molar-refractivity contribution >= 4 is 27.5 Å². The Labute approximate surface area is 108 Å². The normalized spacial score (nSPS) is 13.1. The van der Waals surface area contributed by atoms with Crippen molar-refractivity contribution < 1.29 is 10.2 Å². The van der Waals surface area contributed by atoms with Crippen molar-refractivity contribution in [1.82, 2.24) is 9.88 Å². The van der Waals surface area contributed by atoms with Crippen LogP contribution < -0.4 is 0 Å². The maximum absolute atomic E-state index is 9.90. The van der Waals surface area contributed by atoms with E-state index in [2.05, 4.69) is 20.9 Å². The molecule has 0 aliphatic heterocycles. The first-order valence-electron chi connectivity index (χ1n) is 4.83. The molecule has 0 spiro atoms. The summed E-state index contributed by atoms with van der Waals surface area (Å²) in [6, 6.07) is 1.69. The highest BCUT2D eigenvalue weighted by Crippen LogP contribution is 2.24. The molecule has 0 radical (unpaired) electrons. The maximum atomic E-state index is 9.90. The Morgan fingerprint density at radius 1 is 1.62 bits per heavy atom. The van der Waals surface area contributed by atoms with E-state index in [-0.39, 0.29) is 6.61 Å². The zero-order valence-corrected chi connectivity index (χ0v) is 11.2. The van der Waals surface area contributed by atoms with Gasteiger partial charge in [0.15, 0.2) is 0 Å². The van der Waals surface area contributed by atoms with Crippen molar-refractivity contribution in [2.75, 3.05) is 26.7 Å². The van der Waals surface area contributed by atoms with Crippen LogP contribution in [0.15, 0.2) is 16.7 Å². The Morgan fingerprint density at radius 2 is 2.31 bits per heavy atom. The van der Waals surface area contributed by atoms with Crippen LogP contribution in [0.3, 0.4) is 0 Å². The summed E-state index contributed by atoms with van der Waals surface area (Å²) in [6.45, 7) is 0.949. The molecule has 0 aliphatic carbocycles. The topological polar surface area (TPSA) is 56.6 Å². The number of aliphatic hydroxyl groups is 2. The van der Waals surface area contributed by atoms with Gasteiger partial charge in [-0.1, -0.05) is 11.6 Å². The fourth-order valence-corrected chi connectivity index (χ4v) is 2.07. The fourth-order valence-electron chi connectivity index (χ4n) is 1.31. The van der Waals surface area contributed by atoms with Crippen LogP contribution in [0.2, 0.25) is 5.02 Å². The van der Waals surface area contributed by atoms with Crippen molar-refractivity contribution in [3.05, 3.63) is 27.5 Å². The van der Waals surface area contributed by atoms with Gasteiger partial charge in [0, 0.05) is 23.8 Å². The van der Waals surface area contributed by atoms with Crippen molar-refractivity contribution in [3.8, 4) is 0 Å². The van der Waals surface area contributed by atoms with Gasteiger partial charge in [-0.2, -0.15) is 0 Å². The average Bonchev–Trinajstić information content (AvgIpc) is 2.17. The largest absolute Gasteiger partial charge is 0.395 e. The molecule has 0 bridgehead atoms. The van der Waals surface area contributed by atoms with E-state index in [0.717, 1.165) is 4.47 Å². The second-order valence-corrected chi connectivity index (χ2v) is 4.85. The SMILES string of the molecule is CN(CCO)CC(O)c1ncc(Br)cc1Cl. The second kappa shape index (κ2) is 6.51. The molecule has 1 heterocycles. The van der Waals surface area contributed by atoms with Crippen LogP contribution in [0.1, 0.15) is 11.8 Å². The van der Waals surface area contributed by atoms with Gasteiger partial charge in [-0.15, -0.1) is 0 Å². The predicted molar refractivity (Wildman–Crippen MR) is 66.5 cm³/mol. The quantitative estimate of drug-likeness (QED) is 0.864. The number of likely N-dealkylation sites (N-methyl/N-ethyl adjacent to an activating group) is 1. The maximum Gasteiger partial charge on any atom is 0.110 e. The molecule has 0 saturated carbocycles. The highest BCUT2D eigenvalue weighted by atomic mass is 79.9. The van der Waals surface area contributed by atoms with E-state index in [4.69, 9.17) is 16.7 Å². The fraction of sp³-hybridized carbons (Fsp3) is 0.500. The molecule has 4 nitrogen and oxygen atoms in total. The Hall–Kier alpha value is -0.200. The van der Waals surface area contributed by atoms with Gasteiger partial charge in [0.05, 0.1) is 17.3 Å². The van der Waals surface area contributed by atoms with Crippen LogP contribution >= 0.6 is 27.5 Å². The molecule has 0 saturated heterocycles. The molecule has 1 rings (SSSR count). The number of hydrogen-bond donors (Lipinski definition) is 2. The summed E-state index contributed by atoms with van der Waals surface area (Å²) in [5.41, 5.74) is 0.453. The van der Waals surface area contributed by atoms with E-state index in [1.165, 1.54) is 0 Å². The molecule has 1 aromatic rings. The number of aromatic nitrogens is 1. The molecule has 0 fully saturated rings. The van der Waals surface area contributed by atoms with Crippen LogP contribution in [0.5, 0.6) is 0 Å². The number of nitrogens with zero attached hydrogens (tertiary/aromatic N) is 2. The molecule has 0 amide bonds. The van der Waals surface area contributed by atoms with Crippen LogP contribution in [0, 0.1) is 0 Å². The molecule has 0 aromatic carbocycles. The van der Waals surface area contributed by atoms with Gasteiger partial charge in [-0.05, 0) is 29.0 Å². The van der Waals surface area contributed by atoms with Gasteiger partial charge in [0.25, 0.3) is 0 Å². The summed E-state index contributed by atoms with van der Waals surface area (Å²) < 4.78 is 0.775. The van der Waals surface area contributed by atoms with Crippen LogP contribution in [-0.4, -0.2) is 46.8 Å². The van der Waals surface area contributed by atoms with Crippen molar-refractivity contribution in [2.45, 2.75) is 6.10 Å². The Kier molecular flexibility index (Phi) is 5.64. The third-order valence-electron chi connectivity index (χ3n) is 2.12. The summed E-state index contributed by atoms with van der Waals surface area (Å²) in [7, 11) is 1.81. The van der Waals surface area contributed by atoms with E-state index in [1.54, 1.807) is 12.3 Å². The summed E-state index contributed by atoms with van der Waals surface area (Å²) in [4.78, 5) is 5.88. The smallest absolute Gasteiger partial charge is 0.110 e. The lowest BCUT2D eigenvalue weighted by Gasteiger charge is -2.19. The Balaban J connectivity index is 2.69. The first-order chi connectivity index (χ1) is 7.54. The van der Waals surface area contributed by atoms with Gasteiger partial charge in [-0.3, -0.25) is 4.98 Å². The molecule has 6 heteroatoms. The number of hydrogen-bond acceptors (Lipinski definition) is 4. The first-order valence-corrected chi connectivity index (χ1v) is 6.00. The monoisotopic (exact) mass is 308 g/mol. The van der Waals surface area contributed by atoms with Crippen LogP contribution in [0.25, 0.3) is 0 Å².